The van der Waals surface area contributed by atoms with Gasteiger partial charge in [0.15, 0.2) is 0 Å². The van der Waals surface area contributed by atoms with Gasteiger partial charge < -0.3 is 24.1 Å². The molecule has 0 aromatic heterocycles. The summed E-state index contributed by atoms with van der Waals surface area (Å²) in [5, 5.41) is 9.18. The van der Waals surface area contributed by atoms with Gasteiger partial charge >= 0.3 is 17.9 Å². The number of rotatable bonds is 10. The lowest BCUT2D eigenvalue weighted by atomic mass is 10.1. The molecule has 0 atom stereocenters. The second kappa shape index (κ2) is 9.24. The topological polar surface area (TPSA) is 91.3 Å². The minimum absolute atomic E-state index is 0.161. The van der Waals surface area contributed by atoms with Crippen molar-refractivity contribution < 1.29 is 33.6 Å². The molecule has 114 valence electrons. The maximum absolute atomic E-state index is 11.2. The molecular formula is C13H20O7. The average molecular weight is 288 g/mol. The lowest BCUT2D eigenvalue weighted by Crippen LogP contribution is -2.41. The third kappa shape index (κ3) is 5.12. The van der Waals surface area contributed by atoms with Crippen LogP contribution in [-0.2, 0) is 28.5 Å². The highest BCUT2D eigenvalue weighted by Crippen LogP contribution is 2.24. The van der Waals surface area contributed by atoms with E-state index in [2.05, 4.69) is 6.58 Å². The quantitative estimate of drug-likeness (QED) is 0.278. The van der Waals surface area contributed by atoms with Crippen LogP contribution in [0.5, 0.6) is 0 Å². The lowest BCUT2D eigenvalue weighted by molar-refractivity contribution is -0.325. The van der Waals surface area contributed by atoms with Crippen LogP contribution in [0.25, 0.3) is 0 Å². The van der Waals surface area contributed by atoms with Gasteiger partial charge in [-0.1, -0.05) is 12.7 Å². The number of carbonyl (C=O) groups excluding carboxylic acids is 1. The summed E-state index contributed by atoms with van der Waals surface area (Å²) >= 11 is 0. The largest absolute Gasteiger partial charge is 0.478 e. The Kier molecular flexibility index (Phi) is 8.46. The summed E-state index contributed by atoms with van der Waals surface area (Å²) in [4.78, 5) is 22.0. The van der Waals surface area contributed by atoms with Gasteiger partial charge in [-0.25, -0.2) is 9.59 Å². The number of methoxy groups -OCH3 is 3. The van der Waals surface area contributed by atoms with E-state index in [1.54, 1.807) is 0 Å². The lowest BCUT2D eigenvalue weighted by Gasteiger charge is -2.29. The molecule has 0 bridgehead atoms. The van der Waals surface area contributed by atoms with Crippen LogP contribution in [0.1, 0.15) is 12.8 Å². The Morgan fingerprint density at radius 3 is 2.15 bits per heavy atom. The molecule has 0 aliphatic rings. The predicted molar refractivity (Wildman–Crippen MR) is 69.9 cm³/mol. The number of unbranched alkanes of at least 4 members (excludes halogenated alkanes) is 1. The van der Waals surface area contributed by atoms with Crippen LogP contribution < -0.4 is 0 Å². The third-order valence-corrected chi connectivity index (χ3v) is 2.47. The Bertz CT molecular complexity index is 361. The number of carbonyl (C=O) groups is 2. The van der Waals surface area contributed by atoms with Crippen molar-refractivity contribution in [2.75, 3.05) is 27.9 Å². The fourth-order valence-electron chi connectivity index (χ4n) is 1.48. The zero-order valence-electron chi connectivity index (χ0n) is 11.9. The second-order valence-electron chi connectivity index (χ2n) is 3.61. The summed E-state index contributed by atoms with van der Waals surface area (Å²) in [7, 11) is 3.82. The van der Waals surface area contributed by atoms with Crippen LogP contribution in [0.2, 0.25) is 0 Å². The van der Waals surface area contributed by atoms with Crippen molar-refractivity contribution in [3.8, 4) is 0 Å². The monoisotopic (exact) mass is 288 g/mol. The van der Waals surface area contributed by atoms with Gasteiger partial charge in [-0.2, -0.15) is 0 Å². The van der Waals surface area contributed by atoms with Gasteiger partial charge in [-0.05, 0) is 12.8 Å². The predicted octanol–water partition coefficient (Wildman–Crippen LogP) is 1.10. The summed E-state index contributed by atoms with van der Waals surface area (Å²) in [6.07, 6.45) is 3.26. The molecule has 0 spiro atoms. The van der Waals surface area contributed by atoms with Crippen molar-refractivity contribution in [1.29, 1.82) is 0 Å². The molecule has 0 aromatic rings. The van der Waals surface area contributed by atoms with Crippen LogP contribution in [-0.4, -0.2) is 51.0 Å². The van der Waals surface area contributed by atoms with Gasteiger partial charge in [0, 0.05) is 27.4 Å². The minimum atomic E-state index is -1.76. The van der Waals surface area contributed by atoms with Crippen molar-refractivity contribution in [3.63, 3.8) is 0 Å². The molecule has 7 nitrogen and oxygen atoms in total. The number of hydrogen-bond acceptors (Lipinski definition) is 6. The molecule has 0 amide bonds. The van der Waals surface area contributed by atoms with E-state index in [4.69, 9.17) is 18.9 Å². The summed E-state index contributed by atoms with van der Waals surface area (Å²) in [6, 6.07) is 0. The number of aliphatic carboxylic acids is 1. The Morgan fingerprint density at radius 1 is 1.20 bits per heavy atom. The van der Waals surface area contributed by atoms with Crippen LogP contribution in [0.15, 0.2) is 24.3 Å². The Morgan fingerprint density at radius 2 is 1.75 bits per heavy atom. The fraction of sp³-hybridized carbons (Fsp3) is 0.538. The highest BCUT2D eigenvalue weighted by molar-refractivity contribution is 5.88. The molecule has 0 saturated carbocycles. The first-order valence-electron chi connectivity index (χ1n) is 5.86. The number of allylic oxidation sites excluding steroid dienone is 1. The van der Waals surface area contributed by atoms with Crippen LogP contribution >= 0.6 is 0 Å². The summed E-state index contributed by atoms with van der Waals surface area (Å²) < 4.78 is 19.7. The van der Waals surface area contributed by atoms with E-state index < -0.39 is 17.9 Å². The Balaban J connectivity index is 4.67. The van der Waals surface area contributed by atoms with Gasteiger partial charge in [0.1, 0.15) is 5.57 Å². The molecule has 0 aromatic carbocycles. The summed E-state index contributed by atoms with van der Waals surface area (Å²) in [5.41, 5.74) is -0.181. The SMILES string of the molecule is C=CC(=O)OCCCC=C(C(=O)O)C(OC)(OC)OC. The van der Waals surface area contributed by atoms with Gasteiger partial charge in [0.2, 0.25) is 0 Å². The second-order valence-corrected chi connectivity index (χ2v) is 3.61. The van der Waals surface area contributed by atoms with Crippen LogP contribution in [0.4, 0.5) is 0 Å². The minimum Gasteiger partial charge on any atom is -0.478 e. The number of ether oxygens (including phenoxy) is 4. The highest BCUT2D eigenvalue weighted by atomic mass is 16.9. The fourth-order valence-corrected chi connectivity index (χ4v) is 1.48. The average Bonchev–Trinajstić information content (AvgIpc) is 2.46. The first-order valence-corrected chi connectivity index (χ1v) is 5.86. The van der Waals surface area contributed by atoms with Gasteiger partial charge in [0.05, 0.1) is 6.61 Å². The van der Waals surface area contributed by atoms with E-state index in [1.165, 1.54) is 27.4 Å². The van der Waals surface area contributed by atoms with Gasteiger partial charge in [0.25, 0.3) is 0 Å². The summed E-state index contributed by atoms with van der Waals surface area (Å²) in [6.45, 7) is 3.42. The van der Waals surface area contributed by atoms with E-state index in [1.807, 2.05) is 0 Å². The van der Waals surface area contributed by atoms with E-state index >= 15 is 0 Å². The number of esters is 1. The zero-order valence-corrected chi connectivity index (χ0v) is 11.9. The first kappa shape index (κ1) is 18.3. The molecular weight excluding hydrogens is 268 g/mol. The van der Waals surface area contributed by atoms with Gasteiger partial charge in [-0.15, -0.1) is 0 Å². The van der Waals surface area contributed by atoms with Gasteiger partial charge in [-0.3, -0.25) is 0 Å². The zero-order chi connectivity index (χ0) is 15.6. The van der Waals surface area contributed by atoms with E-state index in [0.717, 1.165) is 6.08 Å². The maximum Gasteiger partial charge on any atom is 0.339 e. The molecule has 20 heavy (non-hydrogen) atoms. The van der Waals surface area contributed by atoms with Crippen molar-refractivity contribution in [3.05, 3.63) is 24.3 Å². The van der Waals surface area contributed by atoms with Crippen molar-refractivity contribution >= 4 is 11.9 Å². The molecule has 1 N–H and O–H groups in total. The van der Waals surface area contributed by atoms with Crippen molar-refractivity contribution in [2.45, 2.75) is 18.8 Å². The molecule has 0 rings (SSSR count). The van der Waals surface area contributed by atoms with Crippen molar-refractivity contribution in [2.24, 2.45) is 0 Å². The number of carboxylic acids is 1. The Labute approximate surface area is 117 Å². The molecule has 0 radical (unpaired) electrons. The normalized spacial score (nSPS) is 12.1. The molecule has 0 aliphatic carbocycles. The highest BCUT2D eigenvalue weighted by Gasteiger charge is 2.39. The molecule has 7 heteroatoms. The molecule has 0 heterocycles. The molecule has 0 fully saturated rings. The van der Waals surface area contributed by atoms with E-state index in [0.29, 0.717) is 12.8 Å². The number of hydrogen-bond donors (Lipinski definition) is 1. The van der Waals surface area contributed by atoms with Crippen LogP contribution in [0, 0.1) is 0 Å². The van der Waals surface area contributed by atoms with Crippen LogP contribution in [0.3, 0.4) is 0 Å². The first-order chi connectivity index (χ1) is 9.47. The Hall–Kier alpha value is -1.70. The van der Waals surface area contributed by atoms with Crippen molar-refractivity contribution in [1.82, 2.24) is 0 Å². The standard InChI is InChI=1S/C13H20O7/c1-5-11(14)20-9-7-6-8-10(12(15)16)13(17-2,18-3)19-4/h5,8H,1,6-7,9H2,2-4H3,(H,15,16). The molecule has 0 saturated heterocycles. The van der Waals surface area contributed by atoms with E-state index in [9.17, 15) is 14.7 Å². The van der Waals surface area contributed by atoms with E-state index in [-0.39, 0.29) is 12.2 Å². The smallest absolute Gasteiger partial charge is 0.339 e. The third-order valence-electron chi connectivity index (χ3n) is 2.47. The molecule has 0 aliphatic heterocycles. The maximum atomic E-state index is 11.2. The molecule has 0 unspecified atom stereocenters. The number of carboxylic acid groups (broad SMARTS) is 1. The summed E-state index contributed by atoms with van der Waals surface area (Å²) in [5.74, 6) is -3.50.